The van der Waals surface area contributed by atoms with E-state index in [2.05, 4.69) is 24.1 Å². The molecule has 0 aliphatic carbocycles. The van der Waals surface area contributed by atoms with Crippen LogP contribution >= 0.6 is 0 Å². The van der Waals surface area contributed by atoms with Crippen LogP contribution in [0.4, 0.5) is 0 Å². The van der Waals surface area contributed by atoms with Crippen molar-refractivity contribution in [3.8, 4) is 5.75 Å². The van der Waals surface area contributed by atoms with Crippen LogP contribution in [0.2, 0.25) is 0 Å². The Morgan fingerprint density at radius 1 is 1.42 bits per heavy atom. The van der Waals surface area contributed by atoms with Crippen LogP contribution in [0.25, 0.3) is 0 Å². The molecule has 0 spiro atoms. The van der Waals surface area contributed by atoms with E-state index in [-0.39, 0.29) is 12.0 Å². The maximum Gasteiger partial charge on any atom is 0.217 e. The Hall–Kier alpha value is -2.24. The van der Waals surface area contributed by atoms with Crippen molar-refractivity contribution in [1.82, 2.24) is 10.2 Å². The predicted molar refractivity (Wildman–Crippen MR) is 105 cm³/mol. The third-order valence-corrected chi connectivity index (χ3v) is 4.50. The zero-order valence-electron chi connectivity index (χ0n) is 16.2. The van der Waals surface area contributed by atoms with E-state index >= 15 is 0 Å². The topological polar surface area (TPSA) is 80.0 Å². The number of benzene rings is 1. The number of primary amides is 1. The minimum absolute atomic E-state index is 0.0161. The number of nitrogens with two attached hydrogens (primary N) is 1. The number of guanidine groups is 1. The summed E-state index contributed by atoms with van der Waals surface area (Å²) in [7, 11) is 0. The fourth-order valence-corrected chi connectivity index (χ4v) is 3.24. The van der Waals surface area contributed by atoms with Gasteiger partial charge in [0.1, 0.15) is 11.9 Å². The highest BCUT2D eigenvalue weighted by Crippen LogP contribution is 2.19. The molecule has 0 bridgehead atoms. The summed E-state index contributed by atoms with van der Waals surface area (Å²) in [5.41, 5.74) is 6.58. The highest BCUT2D eigenvalue weighted by molar-refractivity contribution is 5.80. The third-order valence-electron chi connectivity index (χ3n) is 4.50. The van der Waals surface area contributed by atoms with Crippen LogP contribution in [0.5, 0.6) is 5.75 Å². The summed E-state index contributed by atoms with van der Waals surface area (Å²) in [6, 6.07) is 8.06. The molecule has 6 nitrogen and oxygen atoms in total. The largest absolute Gasteiger partial charge is 0.489 e. The number of amides is 1. The Balaban J connectivity index is 1.94. The van der Waals surface area contributed by atoms with E-state index in [1.807, 2.05) is 31.2 Å². The second-order valence-electron chi connectivity index (χ2n) is 7.06. The van der Waals surface area contributed by atoms with Crippen LogP contribution < -0.4 is 15.8 Å². The molecular weight excluding hydrogens is 328 g/mol. The fraction of sp³-hybridized carbons (Fsp3) is 0.600. The van der Waals surface area contributed by atoms with Crippen LogP contribution in [-0.2, 0) is 4.79 Å². The number of hydrogen-bond acceptors (Lipinski definition) is 3. The van der Waals surface area contributed by atoms with E-state index in [0.717, 1.165) is 44.2 Å². The molecule has 1 aromatic rings. The van der Waals surface area contributed by atoms with Gasteiger partial charge in [0.2, 0.25) is 5.91 Å². The van der Waals surface area contributed by atoms with Gasteiger partial charge in [-0.3, -0.25) is 4.79 Å². The van der Waals surface area contributed by atoms with Crippen LogP contribution in [-0.4, -0.2) is 49.0 Å². The van der Waals surface area contributed by atoms with Gasteiger partial charge in [-0.2, -0.15) is 0 Å². The number of hydrogen-bond donors (Lipinski definition) is 2. The molecule has 2 atom stereocenters. The Morgan fingerprint density at radius 2 is 2.15 bits per heavy atom. The molecule has 1 amide bonds. The van der Waals surface area contributed by atoms with Crippen LogP contribution in [0, 0.1) is 12.8 Å². The summed E-state index contributed by atoms with van der Waals surface area (Å²) in [6.07, 6.45) is 2.53. The molecule has 1 saturated heterocycles. The molecule has 1 fully saturated rings. The van der Waals surface area contributed by atoms with E-state index in [9.17, 15) is 4.79 Å². The van der Waals surface area contributed by atoms with Gasteiger partial charge in [-0.15, -0.1) is 0 Å². The molecule has 144 valence electrons. The number of rotatable bonds is 7. The van der Waals surface area contributed by atoms with Gasteiger partial charge >= 0.3 is 0 Å². The number of carbonyl (C=O) groups is 1. The number of nitrogens with one attached hydrogen (secondary N) is 1. The van der Waals surface area contributed by atoms with E-state index < -0.39 is 0 Å². The van der Waals surface area contributed by atoms with Gasteiger partial charge in [0.05, 0.1) is 6.54 Å². The lowest BCUT2D eigenvalue weighted by Gasteiger charge is -2.34. The first-order valence-electron chi connectivity index (χ1n) is 9.52. The Morgan fingerprint density at radius 3 is 2.81 bits per heavy atom. The Bertz CT molecular complexity index is 600. The summed E-state index contributed by atoms with van der Waals surface area (Å²) < 4.78 is 5.94. The van der Waals surface area contributed by atoms with Crippen LogP contribution in [0.3, 0.4) is 0 Å². The van der Waals surface area contributed by atoms with Gasteiger partial charge in [-0.1, -0.05) is 17.7 Å². The first-order chi connectivity index (χ1) is 12.5. The zero-order chi connectivity index (χ0) is 18.9. The monoisotopic (exact) mass is 360 g/mol. The minimum Gasteiger partial charge on any atom is -0.489 e. The molecule has 1 aromatic carbocycles. The van der Waals surface area contributed by atoms with Gasteiger partial charge in [0, 0.05) is 26.1 Å². The molecular formula is C20H32N4O2. The number of aliphatic imine (C=N–C) groups is 1. The molecule has 26 heavy (non-hydrogen) atoms. The minimum atomic E-state index is -0.223. The first-order valence-corrected chi connectivity index (χ1v) is 9.52. The number of carbonyl (C=O) groups excluding carboxylic acids is 1. The van der Waals surface area contributed by atoms with E-state index in [1.165, 1.54) is 5.56 Å². The summed E-state index contributed by atoms with van der Waals surface area (Å²) in [4.78, 5) is 18.2. The third kappa shape index (κ3) is 6.58. The summed E-state index contributed by atoms with van der Waals surface area (Å²) in [6.45, 7) is 9.31. The number of ether oxygens (including phenoxy) is 1. The molecule has 0 radical (unpaired) electrons. The van der Waals surface area contributed by atoms with Crippen molar-refractivity contribution in [3.05, 3.63) is 29.8 Å². The lowest BCUT2D eigenvalue weighted by Crippen LogP contribution is -2.47. The molecule has 2 unspecified atom stereocenters. The fourth-order valence-electron chi connectivity index (χ4n) is 3.24. The lowest BCUT2D eigenvalue weighted by molar-refractivity contribution is -0.119. The second kappa shape index (κ2) is 10.0. The van der Waals surface area contributed by atoms with E-state index in [4.69, 9.17) is 15.5 Å². The number of piperidine rings is 1. The van der Waals surface area contributed by atoms with E-state index in [1.54, 1.807) is 0 Å². The highest BCUT2D eigenvalue weighted by Gasteiger charge is 2.23. The van der Waals surface area contributed by atoms with Gasteiger partial charge < -0.3 is 20.7 Å². The summed E-state index contributed by atoms with van der Waals surface area (Å²) in [5, 5.41) is 3.36. The zero-order valence-corrected chi connectivity index (χ0v) is 16.2. The summed E-state index contributed by atoms with van der Waals surface area (Å²) >= 11 is 0. The average molecular weight is 361 g/mol. The predicted octanol–water partition coefficient (Wildman–Crippen LogP) is 2.32. The van der Waals surface area contributed by atoms with Gasteiger partial charge in [0.15, 0.2) is 5.96 Å². The van der Waals surface area contributed by atoms with Crippen molar-refractivity contribution >= 4 is 11.9 Å². The first kappa shape index (κ1) is 20.1. The normalized spacial score (nSPS) is 19.1. The van der Waals surface area contributed by atoms with Crippen LogP contribution in [0.1, 0.15) is 38.7 Å². The van der Waals surface area contributed by atoms with Crippen molar-refractivity contribution < 1.29 is 9.53 Å². The van der Waals surface area contributed by atoms with Crippen molar-refractivity contribution in [2.75, 3.05) is 26.2 Å². The lowest BCUT2D eigenvalue weighted by atomic mass is 9.95. The Kier molecular flexibility index (Phi) is 7.75. The molecule has 2 rings (SSSR count). The Labute approximate surface area is 156 Å². The highest BCUT2D eigenvalue weighted by atomic mass is 16.5. The van der Waals surface area contributed by atoms with Gasteiger partial charge in [-0.05, 0) is 51.7 Å². The smallest absolute Gasteiger partial charge is 0.217 e. The van der Waals surface area contributed by atoms with Crippen molar-refractivity contribution in [1.29, 1.82) is 0 Å². The summed E-state index contributed by atoms with van der Waals surface area (Å²) in [5.74, 6) is 1.84. The number of nitrogens with zero attached hydrogens (tertiary/aromatic N) is 2. The van der Waals surface area contributed by atoms with Crippen molar-refractivity contribution in [2.45, 2.75) is 46.1 Å². The van der Waals surface area contributed by atoms with Crippen molar-refractivity contribution in [3.63, 3.8) is 0 Å². The van der Waals surface area contributed by atoms with Gasteiger partial charge in [-0.25, -0.2) is 4.99 Å². The number of likely N-dealkylation sites (tertiary alicyclic amines) is 1. The standard InChI is InChI=1S/C20H32N4O2/c1-4-22-20(24-11-5-6-17(14-24)12-19(21)25)23-13-16(3)26-18-9-7-15(2)8-10-18/h7-10,16-17H,4-6,11-14H2,1-3H3,(H2,21,25)(H,22,23). The quantitative estimate of drug-likeness (QED) is 0.578. The maximum absolute atomic E-state index is 11.2. The molecule has 0 aromatic heterocycles. The molecule has 0 saturated carbocycles. The maximum atomic E-state index is 11.2. The average Bonchev–Trinajstić information content (AvgIpc) is 2.60. The van der Waals surface area contributed by atoms with Crippen LogP contribution in [0.15, 0.2) is 29.3 Å². The number of aryl methyl sites for hydroxylation is 1. The molecule has 1 aliphatic heterocycles. The van der Waals surface area contributed by atoms with E-state index in [0.29, 0.717) is 18.9 Å². The van der Waals surface area contributed by atoms with Gasteiger partial charge in [0.25, 0.3) is 0 Å². The molecule has 6 heteroatoms. The molecule has 3 N–H and O–H groups in total. The molecule has 1 aliphatic rings. The molecule has 1 heterocycles. The SMILES string of the molecule is CCNC(=NCC(C)Oc1ccc(C)cc1)N1CCCC(CC(N)=O)C1. The van der Waals surface area contributed by atoms with Crippen molar-refractivity contribution in [2.24, 2.45) is 16.6 Å². The second-order valence-corrected chi connectivity index (χ2v) is 7.06.